The van der Waals surface area contributed by atoms with Gasteiger partial charge in [-0.25, -0.2) is 0 Å². The molecule has 0 saturated carbocycles. The monoisotopic (exact) mass is 656 g/mol. The van der Waals surface area contributed by atoms with Gasteiger partial charge >= 0.3 is 0 Å². The molecule has 0 bridgehead atoms. The van der Waals surface area contributed by atoms with Crippen LogP contribution in [0.15, 0.2) is 176 Å². The SMILES string of the molecule is Cc1nn(C(c2ccccc2)(c2ccccc2)c2ccccc2)cc1-c1ccc(/C(=C\N[C@H](C)c2ccccc2)c2ccc(Cl)cc2)cn1. The summed E-state index contributed by atoms with van der Waals surface area (Å²) in [6.07, 6.45) is 6.17. The fourth-order valence-corrected chi connectivity index (χ4v) is 6.67. The number of aromatic nitrogens is 3. The lowest BCUT2D eigenvalue weighted by Crippen LogP contribution is -2.38. The predicted molar refractivity (Wildman–Crippen MR) is 201 cm³/mol. The molecule has 2 aromatic heterocycles. The summed E-state index contributed by atoms with van der Waals surface area (Å²) < 4.78 is 2.11. The molecule has 1 atom stereocenters. The van der Waals surface area contributed by atoms with Crippen molar-refractivity contribution in [2.45, 2.75) is 25.4 Å². The molecule has 1 N–H and O–H groups in total. The summed E-state index contributed by atoms with van der Waals surface area (Å²) in [7, 11) is 0. The third-order valence-electron chi connectivity index (χ3n) is 9.10. The maximum Gasteiger partial charge on any atom is 0.138 e. The third kappa shape index (κ3) is 6.43. The van der Waals surface area contributed by atoms with Gasteiger partial charge in [-0.1, -0.05) is 151 Å². The zero-order valence-electron chi connectivity index (χ0n) is 27.5. The van der Waals surface area contributed by atoms with Crippen molar-refractivity contribution >= 4 is 17.2 Å². The fraction of sp³-hybridized carbons (Fsp3) is 0.0909. The molecule has 0 fully saturated rings. The molecule has 2 heterocycles. The van der Waals surface area contributed by atoms with Crippen molar-refractivity contribution in [2.75, 3.05) is 0 Å². The largest absolute Gasteiger partial charge is 0.384 e. The van der Waals surface area contributed by atoms with E-state index in [1.165, 1.54) is 5.56 Å². The number of rotatable bonds is 10. The maximum atomic E-state index is 6.27. The van der Waals surface area contributed by atoms with Crippen LogP contribution in [0.25, 0.3) is 16.8 Å². The van der Waals surface area contributed by atoms with Crippen molar-refractivity contribution in [1.82, 2.24) is 20.1 Å². The summed E-state index contributed by atoms with van der Waals surface area (Å²) in [5.74, 6) is 0. The van der Waals surface area contributed by atoms with Crippen molar-refractivity contribution in [3.05, 3.63) is 220 Å². The molecule has 0 radical (unpaired) electrons. The number of nitrogens with one attached hydrogen (secondary N) is 1. The minimum atomic E-state index is -0.696. The van der Waals surface area contributed by atoms with Gasteiger partial charge in [0.25, 0.3) is 0 Å². The van der Waals surface area contributed by atoms with Gasteiger partial charge in [0.05, 0.1) is 11.4 Å². The Hall–Kier alpha value is -5.71. The Morgan fingerprint density at radius 3 is 1.69 bits per heavy atom. The molecule has 49 heavy (non-hydrogen) atoms. The van der Waals surface area contributed by atoms with Crippen LogP contribution in [0.1, 0.15) is 52.0 Å². The van der Waals surface area contributed by atoms with E-state index in [2.05, 4.69) is 164 Å². The highest BCUT2D eigenvalue weighted by molar-refractivity contribution is 6.30. The van der Waals surface area contributed by atoms with Gasteiger partial charge in [0.1, 0.15) is 5.54 Å². The molecule has 0 saturated heterocycles. The van der Waals surface area contributed by atoms with Gasteiger partial charge in [-0.05, 0) is 59.9 Å². The Labute approximate surface area is 293 Å². The van der Waals surface area contributed by atoms with Crippen molar-refractivity contribution in [2.24, 2.45) is 0 Å². The summed E-state index contributed by atoms with van der Waals surface area (Å²) in [4.78, 5) is 5.02. The zero-order chi connectivity index (χ0) is 33.6. The molecule has 0 amide bonds. The average Bonchev–Trinajstić information content (AvgIpc) is 3.55. The number of hydrogen-bond acceptors (Lipinski definition) is 3. The van der Waals surface area contributed by atoms with Gasteiger partial charge in [-0.2, -0.15) is 5.10 Å². The summed E-state index contributed by atoms with van der Waals surface area (Å²) in [5, 5.41) is 9.52. The topological polar surface area (TPSA) is 42.7 Å². The molecular formula is C44H37ClN4. The van der Waals surface area contributed by atoms with Crippen LogP contribution in [0, 0.1) is 6.92 Å². The number of nitrogens with zero attached hydrogens (tertiary/aromatic N) is 3. The average molecular weight is 657 g/mol. The molecule has 0 spiro atoms. The van der Waals surface area contributed by atoms with E-state index in [9.17, 15) is 0 Å². The van der Waals surface area contributed by atoms with Gasteiger partial charge in [0.15, 0.2) is 0 Å². The molecule has 0 aliphatic carbocycles. The molecule has 0 aliphatic heterocycles. The first-order valence-corrected chi connectivity index (χ1v) is 16.9. The Bertz CT molecular complexity index is 2040. The molecule has 240 valence electrons. The van der Waals surface area contributed by atoms with Crippen molar-refractivity contribution in [3.63, 3.8) is 0 Å². The highest BCUT2D eigenvalue weighted by atomic mass is 35.5. The van der Waals surface area contributed by atoms with Crippen LogP contribution in [0.5, 0.6) is 0 Å². The van der Waals surface area contributed by atoms with Crippen LogP contribution in [0.4, 0.5) is 0 Å². The van der Waals surface area contributed by atoms with Gasteiger partial charge in [0, 0.05) is 46.4 Å². The Morgan fingerprint density at radius 1 is 0.673 bits per heavy atom. The molecule has 7 rings (SSSR count). The first-order valence-electron chi connectivity index (χ1n) is 16.5. The minimum Gasteiger partial charge on any atom is -0.384 e. The van der Waals surface area contributed by atoms with E-state index < -0.39 is 5.54 Å². The second-order valence-corrected chi connectivity index (χ2v) is 12.6. The van der Waals surface area contributed by atoms with Crippen LogP contribution in [-0.4, -0.2) is 14.8 Å². The second-order valence-electron chi connectivity index (χ2n) is 12.2. The normalized spacial score (nSPS) is 12.4. The minimum absolute atomic E-state index is 0.128. The highest BCUT2D eigenvalue weighted by Crippen LogP contribution is 2.41. The third-order valence-corrected chi connectivity index (χ3v) is 9.35. The molecule has 0 aliphatic rings. The van der Waals surface area contributed by atoms with Gasteiger partial charge in [-0.15, -0.1) is 0 Å². The molecule has 7 aromatic rings. The van der Waals surface area contributed by atoms with Crippen molar-refractivity contribution in [3.8, 4) is 11.3 Å². The first-order chi connectivity index (χ1) is 24.0. The van der Waals surface area contributed by atoms with Gasteiger partial charge < -0.3 is 5.32 Å². The molecule has 5 heteroatoms. The van der Waals surface area contributed by atoms with E-state index in [1.54, 1.807) is 0 Å². The summed E-state index contributed by atoms with van der Waals surface area (Å²) in [6, 6.07) is 54.5. The Morgan fingerprint density at radius 2 is 1.18 bits per heavy atom. The van der Waals surface area contributed by atoms with Crippen LogP contribution >= 0.6 is 11.6 Å². The second kappa shape index (κ2) is 14.2. The van der Waals surface area contributed by atoms with Crippen LogP contribution in [0.2, 0.25) is 5.02 Å². The Kier molecular flexibility index (Phi) is 9.23. The molecular weight excluding hydrogens is 620 g/mol. The zero-order valence-corrected chi connectivity index (χ0v) is 28.3. The van der Waals surface area contributed by atoms with E-state index in [-0.39, 0.29) is 6.04 Å². The van der Waals surface area contributed by atoms with Gasteiger partial charge in [-0.3, -0.25) is 9.67 Å². The predicted octanol–water partition coefficient (Wildman–Crippen LogP) is 10.5. The number of pyridine rings is 1. The van der Waals surface area contributed by atoms with E-state index in [0.717, 1.165) is 50.3 Å². The van der Waals surface area contributed by atoms with Crippen molar-refractivity contribution in [1.29, 1.82) is 0 Å². The van der Waals surface area contributed by atoms with Crippen LogP contribution < -0.4 is 5.32 Å². The van der Waals surface area contributed by atoms with Gasteiger partial charge in [0.2, 0.25) is 0 Å². The summed E-state index contributed by atoms with van der Waals surface area (Å²) in [6.45, 7) is 4.22. The standard InChI is InChI=1S/C44H37ClN4/c1-32(34-15-7-3-8-16-34)46-30-41(35-23-26-40(45)27-24-35)36-25-28-43(47-29-36)42-31-49(48-33(42)2)44(37-17-9-4-10-18-37,38-19-11-5-12-20-38)39-21-13-6-14-22-39/h3-32,46H,1-2H3/b41-30-/t32-/m1/s1. The lowest BCUT2D eigenvalue weighted by Gasteiger charge is -2.36. The maximum absolute atomic E-state index is 6.27. The Balaban J connectivity index is 1.30. The lowest BCUT2D eigenvalue weighted by molar-refractivity contribution is 0.458. The molecule has 5 aromatic carbocycles. The lowest BCUT2D eigenvalue weighted by atomic mass is 9.77. The fourth-order valence-electron chi connectivity index (χ4n) is 6.54. The highest BCUT2D eigenvalue weighted by Gasteiger charge is 2.39. The van der Waals surface area contributed by atoms with Crippen LogP contribution in [-0.2, 0) is 5.54 Å². The van der Waals surface area contributed by atoms with E-state index in [1.807, 2.05) is 36.5 Å². The molecule has 4 nitrogen and oxygen atoms in total. The van der Waals surface area contributed by atoms with E-state index in [0.29, 0.717) is 5.02 Å². The number of aryl methyl sites for hydroxylation is 1. The van der Waals surface area contributed by atoms with E-state index >= 15 is 0 Å². The van der Waals surface area contributed by atoms with E-state index in [4.69, 9.17) is 21.7 Å². The smallest absolute Gasteiger partial charge is 0.138 e. The van der Waals surface area contributed by atoms with Crippen LogP contribution in [0.3, 0.4) is 0 Å². The quantitative estimate of drug-likeness (QED) is 0.149. The number of benzene rings is 5. The number of halogens is 1. The summed E-state index contributed by atoms with van der Waals surface area (Å²) in [5.41, 5.74) is 9.71. The number of hydrogen-bond donors (Lipinski definition) is 1. The van der Waals surface area contributed by atoms with Crippen molar-refractivity contribution < 1.29 is 0 Å². The summed E-state index contributed by atoms with van der Waals surface area (Å²) >= 11 is 6.27. The first kappa shape index (κ1) is 31.9. The molecule has 0 unspecified atom stereocenters.